The quantitative estimate of drug-likeness (QED) is 0.362. The molecule has 1 aromatic rings. The average Bonchev–Trinajstić information content (AvgIpc) is 2.53. The van der Waals surface area contributed by atoms with Gasteiger partial charge in [0.1, 0.15) is 6.61 Å². The van der Waals surface area contributed by atoms with Crippen LogP contribution in [0.2, 0.25) is 0 Å². The zero-order valence-corrected chi connectivity index (χ0v) is 13.5. The molecule has 0 atom stereocenters. The number of carbonyl (C=O) groups excluding carboxylic acids is 1. The summed E-state index contributed by atoms with van der Waals surface area (Å²) in [6.07, 6.45) is -3.85. The van der Waals surface area contributed by atoms with E-state index < -0.39 is 24.4 Å². The molecule has 0 amide bonds. The van der Waals surface area contributed by atoms with Gasteiger partial charge >= 0.3 is 11.9 Å². The van der Waals surface area contributed by atoms with Gasteiger partial charge in [-0.1, -0.05) is 52.6 Å². The van der Waals surface area contributed by atoms with Crippen LogP contribution in [0.5, 0.6) is 0 Å². The minimum atomic E-state index is -2.37. The molecule has 0 spiro atoms. The van der Waals surface area contributed by atoms with Gasteiger partial charge in [0, 0.05) is 19.3 Å². The Kier molecular flexibility index (Phi) is 24.8. The molecule has 0 aliphatic heterocycles. The third-order valence-corrected chi connectivity index (χ3v) is 2.70. The fourth-order valence-corrected chi connectivity index (χ4v) is 1.52. The Balaban J connectivity index is -0.000000211. The molecule has 164 valence electrons. The Morgan fingerprint density at radius 2 is 1.61 bits per heavy atom. The summed E-state index contributed by atoms with van der Waals surface area (Å²) in [6.45, 7) is 0.182. The largest absolute Gasteiger partial charge is 0.481 e. The average molecular weight is 412 g/mol. The van der Waals surface area contributed by atoms with Crippen LogP contribution >= 0.6 is 0 Å². The number of benzene rings is 1. The minimum absolute atomic E-state index is 0. The highest BCUT2D eigenvalue weighted by atomic mass is 19.3. The van der Waals surface area contributed by atoms with Gasteiger partial charge in [0.25, 0.3) is 6.08 Å². The molecule has 0 aliphatic carbocycles. The topological polar surface area (TPSA) is 63.6 Å². The van der Waals surface area contributed by atoms with E-state index in [1.54, 1.807) is 0 Å². The van der Waals surface area contributed by atoms with E-state index >= 15 is 0 Å². The monoisotopic (exact) mass is 412 g/mol. The molecule has 0 saturated heterocycles. The lowest BCUT2D eigenvalue weighted by Gasteiger charge is -2.03. The van der Waals surface area contributed by atoms with Crippen molar-refractivity contribution < 1.29 is 37.0 Å². The summed E-state index contributed by atoms with van der Waals surface area (Å²) in [5.74, 6) is -1.49. The fraction of sp³-hybridized carbons (Fsp3) is 0.500. The Hall–Kier alpha value is -2.38. The number of carboxylic acids is 1. The Labute approximate surface area is 165 Å². The van der Waals surface area contributed by atoms with Gasteiger partial charge < -0.3 is 9.84 Å². The number of hydrogen-bond acceptors (Lipinski definition) is 3. The second kappa shape index (κ2) is 20.9. The van der Waals surface area contributed by atoms with Gasteiger partial charge in [-0.3, -0.25) is 9.59 Å². The highest BCUT2D eigenvalue weighted by Gasteiger charge is 2.03. The second-order valence-corrected chi connectivity index (χ2v) is 4.86. The highest BCUT2D eigenvalue weighted by molar-refractivity contribution is 5.69. The Morgan fingerprint density at radius 1 is 1.04 bits per heavy atom. The highest BCUT2D eigenvalue weighted by Crippen LogP contribution is 2.06. The van der Waals surface area contributed by atoms with E-state index in [2.05, 4.69) is 0 Å². The summed E-state index contributed by atoms with van der Waals surface area (Å²) in [4.78, 5) is 20.8. The lowest BCUT2D eigenvalue weighted by atomic mass is 10.2. The molecule has 1 aromatic carbocycles. The molecular weight excluding hydrogens is 380 g/mol. The molecule has 28 heavy (non-hydrogen) atoms. The van der Waals surface area contributed by atoms with Gasteiger partial charge in [0.05, 0.1) is 0 Å². The molecule has 0 fully saturated rings. The SMILES string of the molecule is C.C.C.O=C(CCC=C(F)F)OCc1ccccc1.O=C(O)CCCC(F)F. The molecule has 1 rings (SSSR count). The Bertz CT molecular complexity index is 530. The van der Waals surface area contributed by atoms with Crippen LogP contribution in [0.25, 0.3) is 0 Å². The summed E-state index contributed by atoms with van der Waals surface area (Å²) in [5.41, 5.74) is 0.878. The Morgan fingerprint density at radius 3 is 2.07 bits per heavy atom. The number of alkyl halides is 2. The second-order valence-electron chi connectivity index (χ2n) is 4.86. The van der Waals surface area contributed by atoms with Crippen molar-refractivity contribution in [3.63, 3.8) is 0 Å². The molecule has 4 nitrogen and oxygen atoms in total. The van der Waals surface area contributed by atoms with Crippen molar-refractivity contribution in [3.05, 3.63) is 48.1 Å². The standard InChI is InChI=1S/C12H12F2O2.C5H8F2O2.3CH4/c13-11(14)7-4-8-12(15)16-9-10-5-2-1-3-6-10;6-4(7)2-1-3-5(8)9;;;/h1-3,5-7H,4,8-9H2;4H,1-3H2,(H,8,9);3*1H4. The maximum atomic E-state index is 11.6. The minimum Gasteiger partial charge on any atom is -0.481 e. The predicted molar refractivity (Wildman–Crippen MR) is 103 cm³/mol. The molecule has 0 aliphatic rings. The van der Waals surface area contributed by atoms with E-state index in [4.69, 9.17) is 9.84 Å². The van der Waals surface area contributed by atoms with E-state index in [1.165, 1.54) is 0 Å². The van der Waals surface area contributed by atoms with Crippen molar-refractivity contribution in [1.82, 2.24) is 0 Å². The molecule has 0 unspecified atom stereocenters. The van der Waals surface area contributed by atoms with Crippen LogP contribution in [0, 0.1) is 0 Å². The number of ether oxygens (including phenoxy) is 1. The third kappa shape index (κ3) is 23.6. The number of rotatable bonds is 9. The van der Waals surface area contributed by atoms with E-state index in [9.17, 15) is 27.2 Å². The number of aliphatic carboxylic acids is 1. The first kappa shape index (κ1) is 33.2. The lowest BCUT2D eigenvalue weighted by molar-refractivity contribution is -0.145. The zero-order valence-electron chi connectivity index (χ0n) is 13.5. The van der Waals surface area contributed by atoms with E-state index in [-0.39, 0.29) is 61.0 Å². The van der Waals surface area contributed by atoms with E-state index in [1.807, 2.05) is 30.3 Å². The number of carbonyl (C=O) groups is 2. The van der Waals surface area contributed by atoms with Crippen molar-refractivity contribution in [1.29, 1.82) is 0 Å². The summed E-state index contributed by atoms with van der Waals surface area (Å²) < 4.78 is 50.8. The van der Waals surface area contributed by atoms with Crippen LogP contribution in [0.4, 0.5) is 17.6 Å². The van der Waals surface area contributed by atoms with Gasteiger partial charge in [0.15, 0.2) is 0 Å². The maximum Gasteiger partial charge on any atom is 0.306 e. The first-order valence-electron chi connectivity index (χ1n) is 7.52. The van der Waals surface area contributed by atoms with Crippen molar-refractivity contribution in [3.8, 4) is 0 Å². The number of halogens is 4. The molecule has 1 N–H and O–H groups in total. The first-order chi connectivity index (χ1) is 11.8. The molecular formula is C20H32F4O4. The van der Waals surface area contributed by atoms with Crippen molar-refractivity contribution in [2.75, 3.05) is 0 Å². The predicted octanol–water partition coefficient (Wildman–Crippen LogP) is 6.71. The normalized spacial score (nSPS) is 8.75. The van der Waals surface area contributed by atoms with Gasteiger partial charge in [-0.25, -0.2) is 8.78 Å². The molecule has 0 heterocycles. The van der Waals surface area contributed by atoms with E-state index in [0.29, 0.717) is 6.08 Å². The molecule has 0 aromatic heterocycles. The van der Waals surface area contributed by atoms with Gasteiger partial charge in [-0.15, -0.1) is 0 Å². The molecule has 8 heteroatoms. The summed E-state index contributed by atoms with van der Waals surface area (Å²) in [6, 6.07) is 9.19. The maximum absolute atomic E-state index is 11.6. The van der Waals surface area contributed by atoms with Crippen LogP contribution < -0.4 is 0 Å². The number of hydrogen-bond donors (Lipinski definition) is 1. The van der Waals surface area contributed by atoms with Gasteiger partial charge in [-0.05, 0) is 24.5 Å². The van der Waals surface area contributed by atoms with Crippen LogP contribution in [-0.2, 0) is 20.9 Å². The zero-order chi connectivity index (χ0) is 19.1. The van der Waals surface area contributed by atoms with Crippen molar-refractivity contribution >= 4 is 11.9 Å². The summed E-state index contributed by atoms with van der Waals surface area (Å²) in [5, 5.41) is 7.98. The van der Waals surface area contributed by atoms with Crippen LogP contribution in [0.3, 0.4) is 0 Å². The third-order valence-electron chi connectivity index (χ3n) is 2.70. The van der Waals surface area contributed by atoms with E-state index in [0.717, 1.165) is 5.56 Å². The number of carboxylic acid groups (broad SMARTS) is 1. The summed E-state index contributed by atoms with van der Waals surface area (Å²) >= 11 is 0. The van der Waals surface area contributed by atoms with Gasteiger partial charge in [-0.2, -0.15) is 8.78 Å². The first-order valence-corrected chi connectivity index (χ1v) is 7.52. The fourth-order valence-electron chi connectivity index (χ4n) is 1.52. The molecule has 0 radical (unpaired) electrons. The number of esters is 1. The van der Waals surface area contributed by atoms with Crippen molar-refractivity contribution in [2.45, 2.75) is 67.4 Å². The molecule has 0 bridgehead atoms. The van der Waals surface area contributed by atoms with Crippen LogP contribution in [0.15, 0.2) is 42.5 Å². The van der Waals surface area contributed by atoms with Gasteiger partial charge in [0.2, 0.25) is 6.43 Å². The number of allylic oxidation sites excluding steroid dienone is 1. The molecule has 0 saturated carbocycles. The lowest BCUT2D eigenvalue weighted by Crippen LogP contribution is -2.03. The summed E-state index contributed by atoms with van der Waals surface area (Å²) in [7, 11) is 0. The van der Waals surface area contributed by atoms with Crippen LogP contribution in [0.1, 0.15) is 59.9 Å². The van der Waals surface area contributed by atoms with Crippen LogP contribution in [-0.4, -0.2) is 23.5 Å². The smallest absolute Gasteiger partial charge is 0.306 e. The van der Waals surface area contributed by atoms with Crippen molar-refractivity contribution in [2.24, 2.45) is 0 Å².